The van der Waals surface area contributed by atoms with Gasteiger partial charge in [0.05, 0.1) is 30.9 Å². The van der Waals surface area contributed by atoms with E-state index in [1.807, 2.05) is 6.92 Å². The van der Waals surface area contributed by atoms with Crippen molar-refractivity contribution in [3.63, 3.8) is 0 Å². The van der Waals surface area contributed by atoms with Gasteiger partial charge in [-0.05, 0) is 25.1 Å². The number of rotatable bonds is 3. The number of nitriles is 1. The number of nitrogens with zero attached hydrogens (tertiary/aromatic N) is 6. The standard InChI is InChI=1S/C21H22F3N7O2/c1-12-7-17-15(10-30(12)21(33)26-14-3-4-16(22)13(8-14)9-25)19-20(32)28(2)29(11-18(23)24)5-6-31(19)27-17/h3-4,8,12,18H,5-7,10-11H2,1-2H3,(H,26,33). The number of carbonyl (C=O) groups is 2. The van der Waals surface area contributed by atoms with Gasteiger partial charge in [0.2, 0.25) is 0 Å². The topological polar surface area (TPSA) is 97.5 Å². The summed E-state index contributed by atoms with van der Waals surface area (Å²) in [4.78, 5) is 27.6. The highest BCUT2D eigenvalue weighted by Gasteiger charge is 2.37. The zero-order chi connectivity index (χ0) is 23.9. The Bertz CT molecular complexity index is 1140. The summed E-state index contributed by atoms with van der Waals surface area (Å²) in [5, 5.41) is 18.7. The van der Waals surface area contributed by atoms with E-state index in [1.165, 1.54) is 38.8 Å². The van der Waals surface area contributed by atoms with Gasteiger partial charge in [-0.2, -0.15) is 10.4 Å². The molecule has 0 radical (unpaired) electrons. The van der Waals surface area contributed by atoms with Crippen molar-refractivity contribution in [1.82, 2.24) is 24.7 Å². The highest BCUT2D eigenvalue weighted by Crippen LogP contribution is 2.29. The largest absolute Gasteiger partial charge is 0.322 e. The van der Waals surface area contributed by atoms with E-state index < -0.39 is 30.7 Å². The number of alkyl halides is 2. The summed E-state index contributed by atoms with van der Waals surface area (Å²) in [7, 11) is 1.44. The predicted molar refractivity (Wildman–Crippen MR) is 111 cm³/mol. The van der Waals surface area contributed by atoms with E-state index in [0.29, 0.717) is 17.7 Å². The molecule has 0 saturated heterocycles. The van der Waals surface area contributed by atoms with Crippen LogP contribution in [0.25, 0.3) is 0 Å². The predicted octanol–water partition coefficient (Wildman–Crippen LogP) is 2.44. The van der Waals surface area contributed by atoms with Gasteiger partial charge in [0.1, 0.15) is 17.6 Å². The summed E-state index contributed by atoms with van der Waals surface area (Å²) in [6.07, 6.45) is -2.18. The van der Waals surface area contributed by atoms with Crippen LogP contribution in [0.2, 0.25) is 0 Å². The summed E-state index contributed by atoms with van der Waals surface area (Å²) in [6, 6.07) is 4.72. The molecule has 0 fully saturated rings. The molecule has 33 heavy (non-hydrogen) atoms. The Morgan fingerprint density at radius 3 is 2.82 bits per heavy atom. The summed E-state index contributed by atoms with van der Waals surface area (Å²) in [6.45, 7) is 1.84. The molecule has 2 aliphatic heterocycles. The number of hydrogen-bond donors (Lipinski definition) is 1. The van der Waals surface area contributed by atoms with Crippen LogP contribution in [0.3, 0.4) is 0 Å². The third-order valence-corrected chi connectivity index (χ3v) is 5.92. The van der Waals surface area contributed by atoms with Crippen LogP contribution >= 0.6 is 0 Å². The van der Waals surface area contributed by atoms with E-state index in [1.54, 1.807) is 6.07 Å². The van der Waals surface area contributed by atoms with Crippen molar-refractivity contribution in [1.29, 1.82) is 5.26 Å². The molecule has 1 aromatic heterocycles. The third kappa shape index (κ3) is 4.23. The van der Waals surface area contributed by atoms with Crippen molar-refractivity contribution in [3.05, 3.63) is 46.5 Å². The molecule has 1 unspecified atom stereocenters. The molecule has 1 atom stereocenters. The first-order valence-corrected chi connectivity index (χ1v) is 10.4. The fraction of sp³-hybridized carbons (Fsp3) is 0.429. The molecule has 0 aliphatic carbocycles. The fourth-order valence-corrected chi connectivity index (χ4v) is 4.17. The number of nitrogens with one attached hydrogen (secondary N) is 1. The quantitative estimate of drug-likeness (QED) is 0.757. The Balaban J connectivity index is 1.58. The molecule has 0 spiro atoms. The van der Waals surface area contributed by atoms with Crippen LogP contribution in [0.4, 0.5) is 23.7 Å². The van der Waals surface area contributed by atoms with E-state index >= 15 is 0 Å². The molecule has 3 heterocycles. The molecule has 9 nitrogen and oxygen atoms in total. The number of halogens is 3. The molecule has 2 aromatic rings. The number of hydrazine groups is 1. The second kappa shape index (κ2) is 8.74. The van der Waals surface area contributed by atoms with E-state index in [0.717, 1.165) is 6.07 Å². The molecular weight excluding hydrogens is 439 g/mol. The van der Waals surface area contributed by atoms with Crippen LogP contribution in [0.1, 0.15) is 34.2 Å². The lowest BCUT2D eigenvalue weighted by Crippen LogP contribution is -2.47. The maximum absolute atomic E-state index is 13.6. The minimum absolute atomic E-state index is 0.0956. The number of fused-ring (bicyclic) bond motifs is 3. The van der Waals surface area contributed by atoms with E-state index in [9.17, 15) is 22.8 Å². The molecule has 0 bridgehead atoms. The SMILES string of the molecule is CC1Cc2nn3c(c2CN1C(=O)Nc1ccc(F)c(C#N)c1)C(=O)N(C)N(CC(F)F)CC3. The second-order valence-electron chi connectivity index (χ2n) is 8.05. The van der Waals surface area contributed by atoms with Crippen LogP contribution in [0.5, 0.6) is 0 Å². The van der Waals surface area contributed by atoms with Gasteiger partial charge < -0.3 is 10.2 Å². The number of anilines is 1. The van der Waals surface area contributed by atoms with E-state index in [2.05, 4.69) is 10.4 Å². The Labute approximate surface area is 187 Å². The normalized spacial score (nSPS) is 18.6. The summed E-state index contributed by atoms with van der Waals surface area (Å²) >= 11 is 0. The number of aromatic nitrogens is 2. The summed E-state index contributed by atoms with van der Waals surface area (Å²) < 4.78 is 40.9. The molecule has 1 N–H and O–H groups in total. The average Bonchev–Trinajstić information content (AvgIpc) is 3.07. The number of amides is 3. The maximum atomic E-state index is 13.6. The smallest absolute Gasteiger partial charge is 0.317 e. The van der Waals surface area contributed by atoms with Crippen molar-refractivity contribution >= 4 is 17.6 Å². The van der Waals surface area contributed by atoms with Gasteiger partial charge in [-0.15, -0.1) is 0 Å². The first kappa shape index (κ1) is 22.6. The second-order valence-corrected chi connectivity index (χ2v) is 8.05. The average molecular weight is 461 g/mol. The van der Waals surface area contributed by atoms with Crippen molar-refractivity contribution < 1.29 is 22.8 Å². The lowest BCUT2D eigenvalue weighted by atomic mass is 9.99. The monoisotopic (exact) mass is 461 g/mol. The minimum atomic E-state index is -2.59. The van der Waals surface area contributed by atoms with Crippen molar-refractivity contribution in [2.45, 2.75) is 38.9 Å². The van der Waals surface area contributed by atoms with Crippen LogP contribution in [-0.4, -0.2) is 69.2 Å². The first-order chi connectivity index (χ1) is 15.7. The van der Waals surface area contributed by atoms with Gasteiger partial charge >= 0.3 is 6.03 Å². The molecule has 174 valence electrons. The molecule has 2 aliphatic rings. The van der Waals surface area contributed by atoms with Gasteiger partial charge in [0, 0.05) is 37.3 Å². The zero-order valence-corrected chi connectivity index (χ0v) is 18.1. The van der Waals surface area contributed by atoms with Crippen LogP contribution < -0.4 is 5.32 Å². The Kier molecular flexibility index (Phi) is 5.99. The van der Waals surface area contributed by atoms with Gasteiger partial charge in [-0.1, -0.05) is 0 Å². The maximum Gasteiger partial charge on any atom is 0.322 e. The lowest BCUT2D eigenvalue weighted by molar-refractivity contribution is -0.0262. The van der Waals surface area contributed by atoms with Crippen molar-refractivity contribution in [3.8, 4) is 6.07 Å². The minimum Gasteiger partial charge on any atom is -0.317 e. The highest BCUT2D eigenvalue weighted by molar-refractivity contribution is 5.95. The highest BCUT2D eigenvalue weighted by atomic mass is 19.3. The van der Waals surface area contributed by atoms with Crippen molar-refractivity contribution in [2.75, 3.05) is 25.5 Å². The summed E-state index contributed by atoms with van der Waals surface area (Å²) in [5.74, 6) is -1.15. The zero-order valence-electron chi connectivity index (χ0n) is 18.1. The number of urea groups is 1. The lowest BCUT2D eigenvalue weighted by Gasteiger charge is -2.34. The molecule has 1 aromatic carbocycles. The third-order valence-electron chi connectivity index (χ3n) is 5.92. The summed E-state index contributed by atoms with van der Waals surface area (Å²) in [5.41, 5.74) is 1.63. The van der Waals surface area contributed by atoms with E-state index in [4.69, 9.17) is 5.26 Å². The fourth-order valence-electron chi connectivity index (χ4n) is 4.17. The first-order valence-electron chi connectivity index (χ1n) is 10.4. The Hall–Kier alpha value is -3.59. The van der Waals surface area contributed by atoms with Crippen LogP contribution in [-0.2, 0) is 19.5 Å². The molecule has 3 amide bonds. The Morgan fingerprint density at radius 1 is 1.36 bits per heavy atom. The van der Waals surface area contributed by atoms with Gasteiger partial charge in [-0.25, -0.2) is 23.0 Å². The number of benzene rings is 1. The molecule has 12 heteroatoms. The molecular formula is C21H22F3N7O2. The van der Waals surface area contributed by atoms with Gasteiger partial charge in [-0.3, -0.25) is 14.5 Å². The van der Waals surface area contributed by atoms with E-state index in [-0.39, 0.29) is 42.6 Å². The van der Waals surface area contributed by atoms with Crippen LogP contribution in [0.15, 0.2) is 18.2 Å². The van der Waals surface area contributed by atoms with Gasteiger partial charge in [0.25, 0.3) is 12.3 Å². The number of carbonyl (C=O) groups excluding carboxylic acids is 2. The van der Waals surface area contributed by atoms with Crippen molar-refractivity contribution in [2.24, 2.45) is 0 Å². The number of hydrogen-bond acceptors (Lipinski definition) is 5. The van der Waals surface area contributed by atoms with Crippen LogP contribution in [0, 0.1) is 17.1 Å². The van der Waals surface area contributed by atoms with Gasteiger partial charge in [0.15, 0.2) is 0 Å². The molecule has 4 rings (SSSR count). The Morgan fingerprint density at radius 2 is 2.12 bits per heavy atom. The molecule has 0 saturated carbocycles.